The predicted molar refractivity (Wildman–Crippen MR) is 100 cm³/mol. The fraction of sp³-hybridized carbons (Fsp3) is 0.524. The van der Waals surface area contributed by atoms with Gasteiger partial charge in [0.2, 0.25) is 0 Å². The van der Waals surface area contributed by atoms with Gasteiger partial charge in [0.15, 0.2) is 0 Å². The molecule has 2 heterocycles. The molecule has 0 aliphatic carbocycles. The number of carbonyl (C=O) groups is 1. The van der Waals surface area contributed by atoms with E-state index in [1.165, 1.54) is 5.56 Å². The van der Waals surface area contributed by atoms with Crippen molar-refractivity contribution in [2.45, 2.75) is 45.6 Å². The summed E-state index contributed by atoms with van der Waals surface area (Å²) < 4.78 is 11.0. The van der Waals surface area contributed by atoms with Crippen LogP contribution in [0.2, 0.25) is 0 Å². The summed E-state index contributed by atoms with van der Waals surface area (Å²) in [5, 5.41) is 3.94. The fourth-order valence-corrected chi connectivity index (χ4v) is 3.54. The zero-order valence-electron chi connectivity index (χ0n) is 16.3. The number of methoxy groups -OCH3 is 1. The lowest BCUT2D eigenvalue weighted by Crippen LogP contribution is -2.30. The summed E-state index contributed by atoms with van der Waals surface area (Å²) in [7, 11) is 1.70. The van der Waals surface area contributed by atoms with E-state index in [4.69, 9.17) is 9.26 Å². The third-order valence-electron chi connectivity index (χ3n) is 5.11. The summed E-state index contributed by atoms with van der Waals surface area (Å²) >= 11 is 0. The Hall–Kier alpha value is -2.14. The van der Waals surface area contributed by atoms with Crippen LogP contribution >= 0.6 is 0 Å². The van der Waals surface area contributed by atoms with Gasteiger partial charge in [-0.05, 0) is 30.0 Å². The molecular weight excluding hydrogens is 328 g/mol. The van der Waals surface area contributed by atoms with Crippen molar-refractivity contribution in [1.82, 2.24) is 10.1 Å². The van der Waals surface area contributed by atoms with Gasteiger partial charge in [-0.25, -0.2) is 0 Å². The first-order valence-corrected chi connectivity index (χ1v) is 9.12. The molecule has 2 aromatic rings. The van der Waals surface area contributed by atoms with E-state index in [0.717, 1.165) is 23.4 Å². The lowest BCUT2D eigenvalue weighted by molar-refractivity contribution is 0.0672. The number of carbonyl (C=O) groups excluding carboxylic acids is 1. The van der Waals surface area contributed by atoms with Crippen molar-refractivity contribution in [3.05, 3.63) is 52.9 Å². The van der Waals surface area contributed by atoms with Gasteiger partial charge in [0.25, 0.3) is 5.91 Å². The van der Waals surface area contributed by atoms with E-state index >= 15 is 0 Å². The molecule has 2 unspecified atom stereocenters. The van der Waals surface area contributed by atoms with Crippen LogP contribution in [-0.2, 0) is 16.6 Å². The number of hydrogen-bond acceptors (Lipinski definition) is 4. The second-order valence-electron chi connectivity index (χ2n) is 8.21. The van der Waals surface area contributed by atoms with Crippen molar-refractivity contribution >= 4 is 5.91 Å². The van der Waals surface area contributed by atoms with E-state index in [2.05, 4.69) is 25.9 Å². The minimum Gasteiger partial charge on any atom is -0.379 e. The number of amides is 1. The highest BCUT2D eigenvalue weighted by Crippen LogP contribution is 2.27. The van der Waals surface area contributed by atoms with Crippen molar-refractivity contribution in [2.75, 3.05) is 20.2 Å². The van der Waals surface area contributed by atoms with Gasteiger partial charge in [0.05, 0.1) is 11.8 Å². The van der Waals surface area contributed by atoms with Crippen LogP contribution in [0, 0.1) is 12.8 Å². The first-order chi connectivity index (χ1) is 12.3. The number of likely N-dealkylation sites (tertiary alicyclic amines) is 1. The van der Waals surface area contributed by atoms with Gasteiger partial charge in [0, 0.05) is 44.2 Å². The molecule has 1 amide bonds. The number of ether oxygens (including phenoxy) is 1. The Kier molecular flexibility index (Phi) is 5.19. The molecule has 1 aromatic carbocycles. The van der Waals surface area contributed by atoms with Crippen LogP contribution in [0.25, 0.3) is 0 Å². The Morgan fingerprint density at radius 1 is 1.27 bits per heavy atom. The molecule has 2 atom stereocenters. The van der Waals surface area contributed by atoms with Crippen LogP contribution in [0.15, 0.2) is 34.9 Å². The quantitative estimate of drug-likeness (QED) is 0.840. The lowest BCUT2D eigenvalue weighted by atomic mass is 9.86. The van der Waals surface area contributed by atoms with Gasteiger partial charge in [-0.3, -0.25) is 4.79 Å². The molecule has 1 aliphatic rings. The van der Waals surface area contributed by atoms with E-state index in [1.807, 2.05) is 42.2 Å². The minimum absolute atomic E-state index is 0.0122. The second-order valence-corrected chi connectivity index (χ2v) is 8.21. The Balaban J connectivity index is 1.70. The molecule has 0 bridgehead atoms. The maximum Gasteiger partial charge on any atom is 0.253 e. The average molecular weight is 356 g/mol. The Bertz CT molecular complexity index is 758. The Morgan fingerprint density at radius 3 is 2.50 bits per heavy atom. The van der Waals surface area contributed by atoms with E-state index in [0.29, 0.717) is 13.1 Å². The van der Waals surface area contributed by atoms with Crippen LogP contribution in [0.1, 0.15) is 48.1 Å². The number of benzene rings is 1. The molecular formula is C21H28N2O3. The van der Waals surface area contributed by atoms with Crippen LogP contribution < -0.4 is 0 Å². The summed E-state index contributed by atoms with van der Waals surface area (Å²) in [6, 6.07) is 9.90. The molecule has 0 spiro atoms. The first-order valence-electron chi connectivity index (χ1n) is 9.12. The molecule has 1 fully saturated rings. The van der Waals surface area contributed by atoms with E-state index in [9.17, 15) is 4.79 Å². The highest BCUT2D eigenvalue weighted by Gasteiger charge is 2.36. The molecule has 0 saturated carbocycles. The van der Waals surface area contributed by atoms with Gasteiger partial charge < -0.3 is 14.2 Å². The molecule has 0 N–H and O–H groups in total. The number of aromatic nitrogens is 1. The summed E-state index contributed by atoms with van der Waals surface area (Å²) in [5.41, 5.74) is 2.91. The molecule has 3 rings (SSSR count). The van der Waals surface area contributed by atoms with E-state index in [1.54, 1.807) is 7.11 Å². The zero-order chi connectivity index (χ0) is 18.9. The normalized spacial score (nSPS) is 20.6. The summed E-state index contributed by atoms with van der Waals surface area (Å²) in [6.45, 7) is 9.69. The third-order valence-corrected chi connectivity index (χ3v) is 5.11. The van der Waals surface area contributed by atoms with Crippen LogP contribution in [0.5, 0.6) is 0 Å². The van der Waals surface area contributed by atoms with E-state index < -0.39 is 0 Å². The number of rotatable bonds is 4. The second kappa shape index (κ2) is 7.23. The molecule has 5 nitrogen and oxygen atoms in total. The molecule has 0 radical (unpaired) electrons. The Labute approximate surface area is 155 Å². The standard InChI is InChI=1S/C21H28N2O3/c1-14-10-18(26-22-14)11-16-12-23(13-19(16)25-5)20(24)15-6-8-17(9-7-15)21(2,3)4/h6-10,16,19H,11-13H2,1-5H3. The minimum atomic E-state index is 0.0122. The number of hydrogen-bond donors (Lipinski definition) is 0. The van der Waals surface area contributed by atoms with Crippen molar-refractivity contribution in [3.8, 4) is 0 Å². The molecule has 1 aromatic heterocycles. The average Bonchev–Trinajstić information content (AvgIpc) is 3.20. The van der Waals surface area contributed by atoms with Crippen molar-refractivity contribution in [2.24, 2.45) is 5.92 Å². The largest absolute Gasteiger partial charge is 0.379 e. The number of aryl methyl sites for hydroxylation is 1. The molecule has 1 aliphatic heterocycles. The highest BCUT2D eigenvalue weighted by molar-refractivity contribution is 5.94. The van der Waals surface area contributed by atoms with Crippen molar-refractivity contribution < 1.29 is 14.1 Å². The van der Waals surface area contributed by atoms with Crippen molar-refractivity contribution in [3.63, 3.8) is 0 Å². The Morgan fingerprint density at radius 2 is 1.96 bits per heavy atom. The molecule has 1 saturated heterocycles. The smallest absolute Gasteiger partial charge is 0.253 e. The zero-order valence-corrected chi connectivity index (χ0v) is 16.3. The first kappa shape index (κ1) is 18.6. The summed E-state index contributed by atoms with van der Waals surface area (Å²) in [4.78, 5) is 14.8. The van der Waals surface area contributed by atoms with Gasteiger partial charge >= 0.3 is 0 Å². The SMILES string of the molecule is COC1CN(C(=O)c2ccc(C(C)(C)C)cc2)CC1Cc1cc(C)no1. The molecule has 140 valence electrons. The molecule has 5 heteroatoms. The monoisotopic (exact) mass is 356 g/mol. The van der Waals surface area contributed by atoms with Gasteiger partial charge in [-0.1, -0.05) is 38.1 Å². The summed E-state index contributed by atoms with van der Waals surface area (Å²) in [5.74, 6) is 1.12. The predicted octanol–water partition coefficient (Wildman–Crippen LogP) is 3.61. The topological polar surface area (TPSA) is 55.6 Å². The molecule has 26 heavy (non-hydrogen) atoms. The fourth-order valence-electron chi connectivity index (χ4n) is 3.54. The van der Waals surface area contributed by atoms with Crippen LogP contribution in [0.3, 0.4) is 0 Å². The maximum absolute atomic E-state index is 12.9. The highest BCUT2D eigenvalue weighted by atomic mass is 16.5. The number of nitrogens with zero attached hydrogens (tertiary/aromatic N) is 2. The van der Waals surface area contributed by atoms with Gasteiger partial charge in [-0.2, -0.15) is 0 Å². The van der Waals surface area contributed by atoms with Crippen LogP contribution in [-0.4, -0.2) is 42.3 Å². The van der Waals surface area contributed by atoms with Crippen LogP contribution in [0.4, 0.5) is 0 Å². The van der Waals surface area contributed by atoms with Crippen molar-refractivity contribution in [1.29, 1.82) is 0 Å². The van der Waals surface area contributed by atoms with Gasteiger partial charge in [-0.15, -0.1) is 0 Å². The summed E-state index contributed by atoms with van der Waals surface area (Å²) in [6.07, 6.45) is 0.740. The maximum atomic E-state index is 12.9. The van der Waals surface area contributed by atoms with E-state index in [-0.39, 0.29) is 23.3 Å². The van der Waals surface area contributed by atoms with Gasteiger partial charge in [0.1, 0.15) is 5.76 Å². The lowest BCUT2D eigenvalue weighted by Gasteiger charge is -2.20. The third kappa shape index (κ3) is 3.98.